The van der Waals surface area contributed by atoms with Gasteiger partial charge in [-0.3, -0.25) is 0 Å². The Kier molecular flexibility index (Phi) is 2.26. The van der Waals surface area contributed by atoms with Crippen LogP contribution < -0.4 is 0 Å². The van der Waals surface area contributed by atoms with Gasteiger partial charge in [-0.1, -0.05) is 0 Å². The molecule has 1 heterocycles. The van der Waals surface area contributed by atoms with Crippen LogP contribution in [0.25, 0.3) is 5.57 Å². The fourth-order valence-electron chi connectivity index (χ4n) is 0.884. The molecule has 0 aromatic carbocycles. The average molecular weight is 148 g/mol. The van der Waals surface area contributed by atoms with E-state index in [0.29, 0.717) is 0 Å². The molecule has 0 saturated heterocycles. The number of allylic oxidation sites excluding steroid dienone is 2. The van der Waals surface area contributed by atoms with Crippen LogP contribution in [0.3, 0.4) is 0 Å². The first-order valence-electron chi connectivity index (χ1n) is 3.57. The van der Waals surface area contributed by atoms with Gasteiger partial charge in [-0.05, 0) is 37.1 Å². The fourth-order valence-corrected chi connectivity index (χ4v) is 0.884. The zero-order valence-electron chi connectivity index (χ0n) is 6.81. The SMILES string of the molecule is C/C(C=N)=C(\C)c1ccc[nH]1. The summed E-state index contributed by atoms with van der Waals surface area (Å²) in [6, 6.07) is 3.96. The quantitative estimate of drug-likeness (QED) is 0.605. The van der Waals surface area contributed by atoms with Crippen molar-refractivity contribution in [1.29, 1.82) is 5.41 Å². The van der Waals surface area contributed by atoms with E-state index >= 15 is 0 Å². The van der Waals surface area contributed by atoms with E-state index in [1.54, 1.807) is 0 Å². The molecule has 0 aliphatic heterocycles. The molecule has 0 aliphatic rings. The summed E-state index contributed by atoms with van der Waals surface area (Å²) in [6.07, 6.45) is 3.26. The van der Waals surface area contributed by atoms with Crippen LogP contribution in [0.1, 0.15) is 19.5 Å². The Morgan fingerprint density at radius 3 is 2.73 bits per heavy atom. The van der Waals surface area contributed by atoms with E-state index in [0.717, 1.165) is 16.8 Å². The first kappa shape index (κ1) is 7.79. The van der Waals surface area contributed by atoms with E-state index in [-0.39, 0.29) is 0 Å². The van der Waals surface area contributed by atoms with E-state index in [4.69, 9.17) is 5.41 Å². The third kappa shape index (κ3) is 1.58. The van der Waals surface area contributed by atoms with Gasteiger partial charge >= 0.3 is 0 Å². The Morgan fingerprint density at radius 2 is 2.27 bits per heavy atom. The maximum atomic E-state index is 7.04. The standard InChI is InChI=1S/C9H12N2/c1-7(6-10)8(2)9-4-3-5-11-9/h3-6,10-11H,1-2H3/b8-7-,10-6?. The van der Waals surface area contributed by atoms with Gasteiger partial charge in [0.05, 0.1) is 0 Å². The second-order valence-corrected chi connectivity index (χ2v) is 2.54. The minimum absolute atomic E-state index is 0.993. The second-order valence-electron chi connectivity index (χ2n) is 2.54. The Labute approximate surface area is 66.5 Å². The van der Waals surface area contributed by atoms with Crippen LogP contribution in [0, 0.1) is 5.41 Å². The third-order valence-electron chi connectivity index (χ3n) is 1.81. The molecule has 2 nitrogen and oxygen atoms in total. The Hall–Kier alpha value is -1.31. The molecule has 1 aromatic rings. The van der Waals surface area contributed by atoms with Gasteiger partial charge in [0.15, 0.2) is 0 Å². The van der Waals surface area contributed by atoms with Crippen LogP contribution in [0.5, 0.6) is 0 Å². The summed E-state index contributed by atoms with van der Waals surface area (Å²) in [6.45, 7) is 3.94. The van der Waals surface area contributed by atoms with Crippen molar-refractivity contribution >= 4 is 11.8 Å². The molecule has 2 N–H and O–H groups in total. The molecule has 0 saturated carbocycles. The zero-order chi connectivity index (χ0) is 8.27. The molecule has 0 radical (unpaired) electrons. The number of hydrogen-bond acceptors (Lipinski definition) is 1. The van der Waals surface area contributed by atoms with Crippen LogP contribution in [0.15, 0.2) is 23.9 Å². The lowest BCUT2D eigenvalue weighted by Crippen LogP contribution is -1.84. The van der Waals surface area contributed by atoms with Crippen molar-refractivity contribution in [3.05, 3.63) is 29.6 Å². The second kappa shape index (κ2) is 3.19. The van der Waals surface area contributed by atoms with Crippen molar-refractivity contribution in [3.63, 3.8) is 0 Å². The molecule has 2 heteroatoms. The van der Waals surface area contributed by atoms with E-state index in [2.05, 4.69) is 4.98 Å². The zero-order valence-corrected chi connectivity index (χ0v) is 6.81. The van der Waals surface area contributed by atoms with Crippen LogP contribution >= 0.6 is 0 Å². The third-order valence-corrected chi connectivity index (χ3v) is 1.81. The molecular weight excluding hydrogens is 136 g/mol. The summed E-state index contributed by atoms with van der Waals surface area (Å²) in [5.41, 5.74) is 3.21. The number of H-pyrrole nitrogens is 1. The topological polar surface area (TPSA) is 39.6 Å². The van der Waals surface area contributed by atoms with Gasteiger partial charge in [-0.25, -0.2) is 0 Å². The maximum Gasteiger partial charge on any atom is 0.0413 e. The summed E-state index contributed by atoms with van der Waals surface area (Å²) >= 11 is 0. The molecule has 0 amide bonds. The Morgan fingerprint density at radius 1 is 1.55 bits per heavy atom. The van der Waals surface area contributed by atoms with Crippen LogP contribution in [0.2, 0.25) is 0 Å². The minimum atomic E-state index is 0.993. The molecule has 0 atom stereocenters. The molecule has 0 fully saturated rings. The van der Waals surface area contributed by atoms with Crippen molar-refractivity contribution < 1.29 is 0 Å². The van der Waals surface area contributed by atoms with Gasteiger partial charge in [0.1, 0.15) is 0 Å². The number of nitrogens with one attached hydrogen (secondary N) is 2. The molecule has 1 aromatic heterocycles. The van der Waals surface area contributed by atoms with Crippen LogP contribution in [-0.4, -0.2) is 11.2 Å². The van der Waals surface area contributed by atoms with Crippen molar-refractivity contribution in [2.75, 3.05) is 0 Å². The molecule has 0 unspecified atom stereocenters. The van der Waals surface area contributed by atoms with Gasteiger partial charge in [-0.15, -0.1) is 0 Å². The monoisotopic (exact) mass is 148 g/mol. The lowest BCUT2D eigenvalue weighted by molar-refractivity contribution is 1.32. The lowest BCUT2D eigenvalue weighted by atomic mass is 10.1. The number of hydrogen-bond donors (Lipinski definition) is 2. The minimum Gasteiger partial charge on any atom is -0.361 e. The van der Waals surface area contributed by atoms with Gasteiger partial charge in [0, 0.05) is 18.1 Å². The summed E-state index contributed by atoms with van der Waals surface area (Å²) in [4.78, 5) is 3.09. The normalized spacial score (nSPS) is 12.5. The van der Waals surface area contributed by atoms with E-state index in [9.17, 15) is 0 Å². The van der Waals surface area contributed by atoms with Gasteiger partial charge < -0.3 is 10.4 Å². The largest absolute Gasteiger partial charge is 0.361 e. The van der Waals surface area contributed by atoms with Crippen molar-refractivity contribution in [2.24, 2.45) is 0 Å². The molecule has 11 heavy (non-hydrogen) atoms. The maximum absolute atomic E-state index is 7.04. The molecule has 58 valence electrons. The summed E-state index contributed by atoms with van der Waals surface area (Å²) in [7, 11) is 0. The fraction of sp³-hybridized carbons (Fsp3) is 0.222. The Balaban J connectivity index is 3.02. The highest BCUT2D eigenvalue weighted by Gasteiger charge is 1.97. The molecule has 0 bridgehead atoms. The molecule has 1 rings (SSSR count). The van der Waals surface area contributed by atoms with Gasteiger partial charge in [0.25, 0.3) is 0 Å². The average Bonchev–Trinajstić information content (AvgIpc) is 2.53. The summed E-state index contributed by atoms with van der Waals surface area (Å²) < 4.78 is 0. The number of aromatic nitrogens is 1. The lowest BCUT2D eigenvalue weighted by Gasteiger charge is -1.98. The highest BCUT2D eigenvalue weighted by atomic mass is 14.7. The molecular formula is C9H12N2. The van der Waals surface area contributed by atoms with Gasteiger partial charge in [0.2, 0.25) is 0 Å². The van der Waals surface area contributed by atoms with Crippen molar-refractivity contribution in [1.82, 2.24) is 4.98 Å². The predicted molar refractivity (Wildman–Crippen MR) is 47.8 cm³/mol. The number of rotatable bonds is 2. The summed E-state index contributed by atoms with van der Waals surface area (Å²) in [5, 5.41) is 7.04. The number of aromatic amines is 1. The van der Waals surface area contributed by atoms with E-state index in [1.165, 1.54) is 6.21 Å². The van der Waals surface area contributed by atoms with E-state index in [1.807, 2.05) is 32.2 Å². The Bertz CT molecular complexity index is 268. The van der Waals surface area contributed by atoms with Gasteiger partial charge in [-0.2, -0.15) is 0 Å². The van der Waals surface area contributed by atoms with Crippen molar-refractivity contribution in [3.8, 4) is 0 Å². The smallest absolute Gasteiger partial charge is 0.0413 e. The van der Waals surface area contributed by atoms with Crippen LogP contribution in [0.4, 0.5) is 0 Å². The molecule has 0 spiro atoms. The molecule has 0 aliphatic carbocycles. The highest BCUT2D eigenvalue weighted by molar-refractivity contribution is 5.87. The van der Waals surface area contributed by atoms with Crippen molar-refractivity contribution in [2.45, 2.75) is 13.8 Å². The highest BCUT2D eigenvalue weighted by Crippen LogP contribution is 2.13. The first-order chi connectivity index (χ1) is 5.25. The predicted octanol–water partition coefficient (Wildman–Crippen LogP) is 2.46. The van der Waals surface area contributed by atoms with Crippen LogP contribution in [-0.2, 0) is 0 Å². The van der Waals surface area contributed by atoms with E-state index < -0.39 is 0 Å². The first-order valence-corrected chi connectivity index (χ1v) is 3.57. The summed E-state index contributed by atoms with van der Waals surface area (Å²) in [5.74, 6) is 0.